The lowest BCUT2D eigenvalue weighted by Crippen LogP contribution is -2.50. The summed E-state index contributed by atoms with van der Waals surface area (Å²) in [4.78, 5) is 47.8. The first-order chi connectivity index (χ1) is 13.0. The van der Waals surface area contributed by atoms with Gasteiger partial charge in [0.05, 0.1) is 11.1 Å². The summed E-state index contributed by atoms with van der Waals surface area (Å²) in [5.41, 5.74) is 1.63. The number of amides is 3. The molecule has 1 aliphatic rings. The summed E-state index contributed by atoms with van der Waals surface area (Å²) in [7, 11) is 0. The van der Waals surface area contributed by atoms with Gasteiger partial charge in [0, 0.05) is 64.4 Å². The van der Waals surface area contributed by atoms with Gasteiger partial charge in [0.2, 0.25) is 5.91 Å². The predicted molar refractivity (Wildman–Crippen MR) is 97.8 cm³/mol. The summed E-state index contributed by atoms with van der Waals surface area (Å²) in [5.74, 6) is -0.471. The van der Waals surface area contributed by atoms with Crippen molar-refractivity contribution >= 4 is 17.7 Å². The molecule has 0 aromatic carbocycles. The summed E-state index contributed by atoms with van der Waals surface area (Å²) >= 11 is 0. The number of aromatic nitrogens is 2. The van der Waals surface area contributed by atoms with Crippen molar-refractivity contribution in [2.45, 2.75) is 13.5 Å². The lowest BCUT2D eigenvalue weighted by Gasteiger charge is -2.34. The Morgan fingerprint density at radius 2 is 1.59 bits per heavy atom. The van der Waals surface area contributed by atoms with Crippen LogP contribution in [0.4, 0.5) is 0 Å². The van der Waals surface area contributed by atoms with Gasteiger partial charge in [0.15, 0.2) is 0 Å². The third kappa shape index (κ3) is 4.66. The minimum absolute atomic E-state index is 0.0108. The fourth-order valence-electron chi connectivity index (χ4n) is 2.87. The van der Waals surface area contributed by atoms with E-state index in [0.29, 0.717) is 43.9 Å². The molecule has 140 valence electrons. The lowest BCUT2D eigenvalue weighted by atomic mass is 10.1. The van der Waals surface area contributed by atoms with Crippen LogP contribution in [0, 0.1) is 0 Å². The molecule has 0 unspecified atom stereocenters. The largest absolute Gasteiger partial charge is 0.348 e. The van der Waals surface area contributed by atoms with Gasteiger partial charge >= 0.3 is 0 Å². The monoisotopic (exact) mass is 367 g/mol. The summed E-state index contributed by atoms with van der Waals surface area (Å²) in [6, 6.07) is 5.19. The van der Waals surface area contributed by atoms with Gasteiger partial charge < -0.3 is 15.1 Å². The van der Waals surface area contributed by atoms with Crippen LogP contribution in [-0.4, -0.2) is 63.7 Å². The minimum Gasteiger partial charge on any atom is -0.348 e. The number of carbonyl (C=O) groups excluding carboxylic acids is 3. The maximum Gasteiger partial charge on any atom is 0.255 e. The van der Waals surface area contributed by atoms with Crippen molar-refractivity contribution in [3.63, 3.8) is 0 Å². The SMILES string of the molecule is CC(=O)N1CCN(C(=O)c2cncc(C(=O)NCc3ccncc3)c2)CC1. The maximum absolute atomic E-state index is 12.7. The Kier molecular flexibility index (Phi) is 5.75. The topological polar surface area (TPSA) is 95.5 Å². The molecule has 1 saturated heterocycles. The first-order valence-corrected chi connectivity index (χ1v) is 8.71. The van der Waals surface area contributed by atoms with Crippen molar-refractivity contribution in [3.05, 3.63) is 59.7 Å². The minimum atomic E-state index is -0.296. The second kappa shape index (κ2) is 8.39. The average molecular weight is 367 g/mol. The number of piperazine rings is 1. The Labute approximate surface area is 157 Å². The van der Waals surface area contributed by atoms with E-state index in [9.17, 15) is 14.4 Å². The quantitative estimate of drug-likeness (QED) is 0.859. The van der Waals surface area contributed by atoms with Gasteiger partial charge in [-0.15, -0.1) is 0 Å². The average Bonchev–Trinajstić information content (AvgIpc) is 2.72. The van der Waals surface area contributed by atoms with Crippen molar-refractivity contribution in [2.24, 2.45) is 0 Å². The van der Waals surface area contributed by atoms with Crippen LogP contribution in [0.5, 0.6) is 0 Å². The highest BCUT2D eigenvalue weighted by molar-refractivity contribution is 5.99. The molecule has 0 radical (unpaired) electrons. The summed E-state index contributed by atoms with van der Waals surface area (Å²) in [6.07, 6.45) is 6.22. The van der Waals surface area contributed by atoms with Crippen molar-refractivity contribution < 1.29 is 14.4 Å². The Morgan fingerprint density at radius 3 is 2.26 bits per heavy atom. The third-order valence-corrected chi connectivity index (χ3v) is 4.46. The molecule has 27 heavy (non-hydrogen) atoms. The van der Waals surface area contributed by atoms with Gasteiger partial charge in [0.25, 0.3) is 11.8 Å². The van der Waals surface area contributed by atoms with E-state index < -0.39 is 0 Å². The predicted octanol–water partition coefficient (Wildman–Crippen LogP) is 0.711. The Morgan fingerprint density at radius 1 is 0.963 bits per heavy atom. The molecule has 0 aliphatic carbocycles. The highest BCUT2D eigenvalue weighted by Crippen LogP contribution is 2.10. The van der Waals surface area contributed by atoms with E-state index in [1.807, 2.05) is 12.1 Å². The van der Waals surface area contributed by atoms with Crippen LogP contribution in [0.25, 0.3) is 0 Å². The van der Waals surface area contributed by atoms with E-state index in [4.69, 9.17) is 0 Å². The van der Waals surface area contributed by atoms with Crippen molar-refractivity contribution in [1.82, 2.24) is 25.1 Å². The number of hydrogen-bond acceptors (Lipinski definition) is 5. The molecule has 0 bridgehead atoms. The second-order valence-corrected chi connectivity index (χ2v) is 6.30. The Hall–Kier alpha value is -3.29. The zero-order chi connectivity index (χ0) is 19.2. The van der Waals surface area contributed by atoms with Crippen molar-refractivity contribution in [2.75, 3.05) is 26.2 Å². The number of pyridine rings is 2. The highest BCUT2D eigenvalue weighted by atomic mass is 16.2. The van der Waals surface area contributed by atoms with E-state index in [1.165, 1.54) is 19.3 Å². The molecule has 8 nitrogen and oxygen atoms in total. The molecule has 2 aromatic rings. The van der Waals surface area contributed by atoms with Crippen molar-refractivity contribution in [3.8, 4) is 0 Å². The number of hydrogen-bond donors (Lipinski definition) is 1. The molecule has 0 atom stereocenters. The Bertz CT molecular complexity index is 832. The van der Waals surface area contributed by atoms with Crippen LogP contribution < -0.4 is 5.32 Å². The van der Waals surface area contributed by atoms with Gasteiger partial charge in [-0.05, 0) is 23.8 Å². The number of rotatable bonds is 4. The van der Waals surface area contributed by atoms with Crippen LogP contribution in [0.2, 0.25) is 0 Å². The molecule has 0 spiro atoms. The molecule has 1 fully saturated rings. The van der Waals surface area contributed by atoms with Gasteiger partial charge in [-0.1, -0.05) is 0 Å². The summed E-state index contributed by atoms with van der Waals surface area (Å²) < 4.78 is 0. The van der Waals surface area contributed by atoms with Crippen LogP contribution >= 0.6 is 0 Å². The van der Waals surface area contributed by atoms with Crippen LogP contribution in [0.1, 0.15) is 33.2 Å². The zero-order valence-corrected chi connectivity index (χ0v) is 15.1. The molecule has 1 aliphatic heterocycles. The van der Waals surface area contributed by atoms with Crippen LogP contribution in [0.3, 0.4) is 0 Å². The smallest absolute Gasteiger partial charge is 0.255 e. The van der Waals surface area contributed by atoms with E-state index in [0.717, 1.165) is 5.56 Å². The van der Waals surface area contributed by atoms with E-state index in [1.54, 1.807) is 28.3 Å². The third-order valence-electron chi connectivity index (χ3n) is 4.46. The van der Waals surface area contributed by atoms with Gasteiger partial charge in [-0.2, -0.15) is 0 Å². The molecule has 3 amide bonds. The Balaban J connectivity index is 1.62. The molecule has 0 saturated carbocycles. The summed E-state index contributed by atoms with van der Waals surface area (Å²) in [6.45, 7) is 3.86. The van der Waals surface area contributed by atoms with E-state index in [2.05, 4.69) is 15.3 Å². The molecular formula is C19H21N5O3. The molecular weight excluding hydrogens is 346 g/mol. The van der Waals surface area contributed by atoms with Crippen molar-refractivity contribution in [1.29, 1.82) is 0 Å². The molecule has 3 rings (SSSR count). The van der Waals surface area contributed by atoms with E-state index in [-0.39, 0.29) is 17.7 Å². The fourth-order valence-corrected chi connectivity index (χ4v) is 2.87. The van der Waals surface area contributed by atoms with Crippen LogP contribution in [-0.2, 0) is 11.3 Å². The van der Waals surface area contributed by atoms with E-state index >= 15 is 0 Å². The maximum atomic E-state index is 12.7. The molecule has 3 heterocycles. The first-order valence-electron chi connectivity index (χ1n) is 8.71. The lowest BCUT2D eigenvalue weighted by molar-refractivity contribution is -0.130. The zero-order valence-electron chi connectivity index (χ0n) is 15.1. The number of nitrogens with one attached hydrogen (secondary N) is 1. The highest BCUT2D eigenvalue weighted by Gasteiger charge is 2.24. The van der Waals surface area contributed by atoms with Gasteiger partial charge in [-0.25, -0.2) is 0 Å². The number of nitrogens with zero attached hydrogens (tertiary/aromatic N) is 4. The normalized spacial score (nSPS) is 14.0. The van der Waals surface area contributed by atoms with Gasteiger partial charge in [0.1, 0.15) is 0 Å². The fraction of sp³-hybridized carbons (Fsp3) is 0.316. The number of carbonyl (C=O) groups is 3. The van der Waals surface area contributed by atoms with Crippen LogP contribution in [0.15, 0.2) is 43.0 Å². The second-order valence-electron chi connectivity index (χ2n) is 6.30. The summed E-state index contributed by atoms with van der Waals surface area (Å²) in [5, 5.41) is 2.80. The molecule has 2 aromatic heterocycles. The van der Waals surface area contributed by atoms with Gasteiger partial charge in [-0.3, -0.25) is 24.4 Å². The standard InChI is InChI=1S/C19H21N5O3/c1-14(25)23-6-8-24(9-7-23)19(27)17-10-16(12-21-13-17)18(26)22-11-15-2-4-20-5-3-15/h2-5,10,12-13H,6-9,11H2,1H3,(H,22,26). The molecule has 8 heteroatoms. The molecule has 1 N–H and O–H groups in total. The first kappa shape index (κ1) is 18.5.